The Morgan fingerprint density at radius 1 is 0.967 bits per heavy atom. The lowest BCUT2D eigenvalue weighted by Gasteiger charge is -2.02. The van der Waals surface area contributed by atoms with E-state index in [1.807, 2.05) is 12.1 Å². The van der Waals surface area contributed by atoms with Crippen molar-refractivity contribution >= 4 is 29.1 Å². The second kappa shape index (κ2) is 9.57. The standard InChI is InChI=1S/C21H17N3O5S/c1-28-17(25)13-16(20(27)29-2)22-21-24(15-11-7-4-8-12-15)23-19(30-21)18(26)14-9-5-3-6-10-14/h3-13H,1-2H3/b16-13-,22-21+. The number of hydrogen-bond acceptors (Lipinski definition) is 8. The lowest BCUT2D eigenvalue weighted by Crippen LogP contribution is -2.17. The zero-order valence-electron chi connectivity index (χ0n) is 16.1. The molecule has 0 fully saturated rings. The van der Waals surface area contributed by atoms with Crippen molar-refractivity contribution in [3.63, 3.8) is 0 Å². The highest BCUT2D eigenvalue weighted by Crippen LogP contribution is 2.13. The van der Waals surface area contributed by atoms with Crippen molar-refractivity contribution in [2.24, 2.45) is 4.99 Å². The number of carbonyl (C=O) groups excluding carboxylic acids is 3. The molecule has 2 aromatic carbocycles. The minimum absolute atomic E-state index is 0.172. The summed E-state index contributed by atoms with van der Waals surface area (Å²) in [7, 11) is 2.35. The predicted molar refractivity (Wildman–Crippen MR) is 109 cm³/mol. The van der Waals surface area contributed by atoms with Gasteiger partial charge in [-0.15, -0.1) is 0 Å². The SMILES string of the molecule is COC(=O)/C=C(\N=c1\sc(C(=O)c2ccccc2)nn1-c1ccccc1)C(=O)OC. The molecule has 0 aliphatic rings. The average molecular weight is 423 g/mol. The Labute approximate surface area is 175 Å². The normalized spacial score (nSPS) is 11.8. The zero-order chi connectivity index (χ0) is 21.5. The number of methoxy groups -OCH3 is 2. The number of benzene rings is 2. The van der Waals surface area contributed by atoms with Gasteiger partial charge in [-0.3, -0.25) is 4.79 Å². The van der Waals surface area contributed by atoms with Crippen LogP contribution in [0.5, 0.6) is 0 Å². The molecule has 0 aliphatic heterocycles. The smallest absolute Gasteiger partial charge is 0.357 e. The lowest BCUT2D eigenvalue weighted by molar-refractivity contribution is -0.138. The molecule has 1 heterocycles. The van der Waals surface area contributed by atoms with Crippen molar-refractivity contribution in [1.29, 1.82) is 0 Å². The van der Waals surface area contributed by atoms with E-state index in [9.17, 15) is 14.4 Å². The number of carbonyl (C=O) groups is 3. The van der Waals surface area contributed by atoms with Gasteiger partial charge in [0, 0.05) is 5.56 Å². The maximum Gasteiger partial charge on any atom is 0.357 e. The highest BCUT2D eigenvalue weighted by atomic mass is 32.1. The molecule has 0 radical (unpaired) electrons. The molecule has 0 saturated carbocycles. The molecule has 8 nitrogen and oxygen atoms in total. The highest BCUT2D eigenvalue weighted by molar-refractivity contribution is 7.11. The molecule has 0 bridgehead atoms. The Bertz CT molecular complexity index is 1160. The third-order valence-electron chi connectivity index (χ3n) is 3.86. The van der Waals surface area contributed by atoms with Gasteiger partial charge in [-0.05, 0) is 12.1 Å². The Morgan fingerprint density at radius 3 is 2.20 bits per heavy atom. The summed E-state index contributed by atoms with van der Waals surface area (Å²) in [6.45, 7) is 0. The first-order valence-electron chi connectivity index (χ1n) is 8.71. The number of hydrogen-bond donors (Lipinski definition) is 0. The van der Waals surface area contributed by atoms with E-state index < -0.39 is 11.9 Å². The van der Waals surface area contributed by atoms with Crippen molar-refractivity contribution in [1.82, 2.24) is 9.78 Å². The summed E-state index contributed by atoms with van der Waals surface area (Å²) in [6.07, 6.45) is 0.916. The van der Waals surface area contributed by atoms with E-state index in [0.717, 1.165) is 17.4 Å². The Balaban J connectivity index is 2.19. The van der Waals surface area contributed by atoms with Crippen LogP contribution in [0.2, 0.25) is 0 Å². The van der Waals surface area contributed by atoms with Crippen LogP contribution in [0.25, 0.3) is 5.69 Å². The van der Waals surface area contributed by atoms with Gasteiger partial charge < -0.3 is 9.47 Å². The first kappa shape index (κ1) is 20.9. The van der Waals surface area contributed by atoms with Crippen LogP contribution in [0, 0.1) is 0 Å². The van der Waals surface area contributed by atoms with Gasteiger partial charge in [0.15, 0.2) is 10.7 Å². The van der Waals surface area contributed by atoms with Crippen molar-refractivity contribution in [2.75, 3.05) is 14.2 Å². The minimum Gasteiger partial charge on any atom is -0.466 e. The van der Waals surface area contributed by atoms with Crippen LogP contribution in [0.15, 0.2) is 77.4 Å². The molecule has 152 valence electrons. The number of aromatic nitrogens is 2. The van der Waals surface area contributed by atoms with Crippen LogP contribution in [-0.4, -0.2) is 41.7 Å². The van der Waals surface area contributed by atoms with E-state index in [4.69, 9.17) is 4.74 Å². The first-order chi connectivity index (χ1) is 14.5. The van der Waals surface area contributed by atoms with Gasteiger partial charge in [-0.2, -0.15) is 5.10 Å². The maximum absolute atomic E-state index is 12.9. The molecular weight excluding hydrogens is 406 g/mol. The van der Waals surface area contributed by atoms with Crippen molar-refractivity contribution in [2.45, 2.75) is 0 Å². The van der Waals surface area contributed by atoms with Gasteiger partial charge in [0.2, 0.25) is 10.6 Å². The fourth-order valence-electron chi connectivity index (χ4n) is 2.41. The Morgan fingerprint density at radius 2 is 1.60 bits per heavy atom. The average Bonchev–Trinajstić information content (AvgIpc) is 3.22. The topological polar surface area (TPSA) is 99.9 Å². The third kappa shape index (κ3) is 4.76. The molecule has 0 unspecified atom stereocenters. The van der Waals surface area contributed by atoms with Gasteiger partial charge in [0.1, 0.15) is 0 Å². The molecular formula is C21H17N3O5S. The highest BCUT2D eigenvalue weighted by Gasteiger charge is 2.18. The van der Waals surface area contributed by atoms with Crippen LogP contribution in [0.3, 0.4) is 0 Å². The van der Waals surface area contributed by atoms with Gasteiger partial charge in [0.05, 0.1) is 26.0 Å². The number of nitrogens with zero attached hydrogens (tertiary/aromatic N) is 3. The van der Waals surface area contributed by atoms with Gasteiger partial charge >= 0.3 is 11.9 Å². The van der Waals surface area contributed by atoms with Gasteiger partial charge in [-0.25, -0.2) is 19.3 Å². The molecule has 30 heavy (non-hydrogen) atoms. The molecule has 0 N–H and O–H groups in total. The fraction of sp³-hybridized carbons (Fsp3) is 0.0952. The third-order valence-corrected chi connectivity index (χ3v) is 4.76. The van der Waals surface area contributed by atoms with Crippen molar-refractivity contribution in [3.05, 3.63) is 87.8 Å². The lowest BCUT2D eigenvalue weighted by atomic mass is 10.1. The summed E-state index contributed by atoms with van der Waals surface area (Å²) >= 11 is 0.983. The van der Waals surface area contributed by atoms with E-state index in [2.05, 4.69) is 14.8 Å². The summed E-state index contributed by atoms with van der Waals surface area (Å²) in [6, 6.07) is 17.7. The summed E-state index contributed by atoms with van der Waals surface area (Å²) in [5.41, 5.74) is 0.814. The molecule has 0 atom stereocenters. The summed E-state index contributed by atoms with van der Waals surface area (Å²) < 4.78 is 10.7. The molecule has 3 rings (SSSR count). The number of rotatable bonds is 6. The monoisotopic (exact) mass is 423 g/mol. The number of ketones is 1. The summed E-state index contributed by atoms with van der Waals surface area (Å²) in [5.74, 6) is -1.89. The van der Waals surface area contributed by atoms with Crippen LogP contribution in [0.4, 0.5) is 0 Å². The Kier molecular flexibility index (Phi) is 6.66. The minimum atomic E-state index is -0.829. The zero-order valence-corrected chi connectivity index (χ0v) is 17.0. The van der Waals surface area contributed by atoms with E-state index in [0.29, 0.717) is 11.3 Å². The summed E-state index contributed by atoms with van der Waals surface area (Å²) in [5, 5.41) is 4.56. The van der Waals surface area contributed by atoms with Crippen molar-refractivity contribution in [3.8, 4) is 5.69 Å². The van der Waals surface area contributed by atoms with Crippen LogP contribution in [0.1, 0.15) is 15.4 Å². The Hall–Kier alpha value is -3.85. The first-order valence-corrected chi connectivity index (χ1v) is 9.53. The maximum atomic E-state index is 12.9. The number of esters is 2. The molecule has 0 spiro atoms. The fourth-order valence-corrected chi connectivity index (χ4v) is 3.29. The van der Waals surface area contributed by atoms with Gasteiger partial charge in [0.25, 0.3) is 0 Å². The van der Waals surface area contributed by atoms with E-state index in [-0.39, 0.29) is 21.3 Å². The van der Waals surface area contributed by atoms with E-state index in [1.165, 1.54) is 18.9 Å². The molecule has 1 aromatic heterocycles. The second-order valence-corrected chi connectivity index (χ2v) is 6.74. The summed E-state index contributed by atoms with van der Waals surface area (Å²) in [4.78, 5) is 41.0. The van der Waals surface area contributed by atoms with E-state index >= 15 is 0 Å². The second-order valence-electron chi connectivity index (χ2n) is 5.79. The molecule has 3 aromatic rings. The van der Waals surface area contributed by atoms with Crippen LogP contribution in [-0.2, 0) is 19.1 Å². The van der Waals surface area contributed by atoms with Crippen molar-refractivity contribution < 1.29 is 23.9 Å². The van der Waals surface area contributed by atoms with E-state index in [1.54, 1.807) is 48.5 Å². The molecule has 0 amide bonds. The van der Waals surface area contributed by atoms with Crippen LogP contribution >= 0.6 is 11.3 Å². The largest absolute Gasteiger partial charge is 0.466 e. The number of ether oxygens (including phenoxy) is 2. The van der Waals surface area contributed by atoms with Crippen LogP contribution < -0.4 is 4.80 Å². The molecule has 9 heteroatoms. The quantitative estimate of drug-likeness (QED) is 0.343. The number of para-hydroxylation sites is 1. The predicted octanol–water partition coefficient (Wildman–Crippen LogP) is 2.30. The van der Waals surface area contributed by atoms with Gasteiger partial charge in [-0.1, -0.05) is 59.9 Å². The molecule has 0 saturated heterocycles. The molecule has 0 aliphatic carbocycles.